The molecule has 6 heteroatoms. The third-order valence-electron chi connectivity index (χ3n) is 3.60. The second kappa shape index (κ2) is 6.47. The summed E-state index contributed by atoms with van der Waals surface area (Å²) in [6.45, 7) is 7.00. The van der Waals surface area contributed by atoms with Crippen molar-refractivity contribution in [3.63, 3.8) is 0 Å². The van der Waals surface area contributed by atoms with E-state index in [1.165, 1.54) is 11.3 Å². The van der Waals surface area contributed by atoms with E-state index >= 15 is 0 Å². The Kier molecular flexibility index (Phi) is 4.91. The van der Waals surface area contributed by atoms with Crippen molar-refractivity contribution in [2.75, 3.05) is 7.11 Å². The van der Waals surface area contributed by atoms with Crippen LogP contribution >= 0.6 is 11.3 Å². The molecule has 0 aliphatic carbocycles. The Labute approximate surface area is 124 Å². The van der Waals surface area contributed by atoms with Crippen LogP contribution in [0.25, 0.3) is 0 Å². The first-order chi connectivity index (χ1) is 9.52. The number of hydrogen-bond acceptors (Lipinski definition) is 5. The summed E-state index contributed by atoms with van der Waals surface area (Å²) in [6.07, 6.45) is 1.98. The monoisotopic (exact) mass is 294 g/mol. The number of ether oxygens (including phenoxy) is 1. The van der Waals surface area contributed by atoms with Gasteiger partial charge in [-0.1, -0.05) is 0 Å². The highest BCUT2D eigenvalue weighted by Gasteiger charge is 2.13. The van der Waals surface area contributed by atoms with Crippen molar-refractivity contribution in [3.8, 4) is 0 Å². The number of rotatable bonds is 6. The minimum atomic E-state index is 0.0618. The lowest BCUT2D eigenvalue weighted by Crippen LogP contribution is -2.19. The van der Waals surface area contributed by atoms with E-state index in [0.29, 0.717) is 0 Å². The molecule has 2 aromatic heterocycles. The number of hydrogen-bond donors (Lipinski definition) is 1. The second-order valence-corrected chi connectivity index (χ2v) is 5.86. The lowest BCUT2D eigenvalue weighted by atomic mass is 10.1. The molecule has 0 saturated carbocycles. The van der Waals surface area contributed by atoms with Crippen molar-refractivity contribution in [1.82, 2.24) is 20.1 Å². The van der Waals surface area contributed by atoms with Crippen LogP contribution in [0.1, 0.15) is 48.0 Å². The van der Waals surface area contributed by atoms with Gasteiger partial charge in [0.15, 0.2) is 0 Å². The predicted octanol–water partition coefficient (Wildman–Crippen LogP) is 2.74. The fraction of sp³-hybridized carbons (Fsp3) is 0.571. The molecule has 0 aliphatic rings. The average molecular weight is 294 g/mol. The number of aryl methyl sites for hydroxylation is 1. The van der Waals surface area contributed by atoms with Crippen LogP contribution in [-0.2, 0) is 18.3 Å². The second-order valence-electron chi connectivity index (χ2n) is 4.97. The minimum absolute atomic E-state index is 0.0618. The van der Waals surface area contributed by atoms with Crippen LogP contribution in [0.5, 0.6) is 0 Å². The number of methoxy groups -OCH3 is 1. The van der Waals surface area contributed by atoms with Gasteiger partial charge in [0.25, 0.3) is 0 Å². The van der Waals surface area contributed by atoms with Crippen LogP contribution in [0.3, 0.4) is 0 Å². The van der Waals surface area contributed by atoms with Gasteiger partial charge < -0.3 is 10.1 Å². The Morgan fingerprint density at radius 3 is 2.80 bits per heavy atom. The Balaban J connectivity index is 1.95. The summed E-state index contributed by atoms with van der Waals surface area (Å²) in [6, 6.07) is 0.258. The molecule has 5 nitrogen and oxygen atoms in total. The molecule has 0 amide bonds. The molecular weight excluding hydrogens is 272 g/mol. The maximum atomic E-state index is 5.28. The van der Waals surface area contributed by atoms with Crippen molar-refractivity contribution >= 4 is 11.3 Å². The summed E-state index contributed by atoms with van der Waals surface area (Å²) in [5.41, 5.74) is 3.48. The number of aromatic nitrogens is 3. The van der Waals surface area contributed by atoms with Crippen molar-refractivity contribution in [2.45, 2.75) is 39.5 Å². The Bertz CT molecular complexity index is 563. The van der Waals surface area contributed by atoms with E-state index in [9.17, 15) is 0 Å². The van der Waals surface area contributed by atoms with Gasteiger partial charge in [-0.2, -0.15) is 5.10 Å². The highest BCUT2D eigenvalue weighted by Crippen LogP contribution is 2.21. The third-order valence-corrected chi connectivity index (χ3v) is 4.65. The Morgan fingerprint density at radius 2 is 2.20 bits per heavy atom. The van der Waals surface area contributed by atoms with Gasteiger partial charge in [-0.15, -0.1) is 11.3 Å². The van der Waals surface area contributed by atoms with Gasteiger partial charge >= 0.3 is 0 Å². The molecule has 0 spiro atoms. The van der Waals surface area contributed by atoms with E-state index in [0.717, 1.165) is 17.2 Å². The zero-order valence-electron chi connectivity index (χ0n) is 12.7. The van der Waals surface area contributed by atoms with Gasteiger partial charge in [-0.05, 0) is 20.8 Å². The van der Waals surface area contributed by atoms with E-state index in [1.54, 1.807) is 18.4 Å². The van der Waals surface area contributed by atoms with E-state index in [4.69, 9.17) is 4.74 Å². The summed E-state index contributed by atoms with van der Waals surface area (Å²) < 4.78 is 7.18. The number of nitrogens with zero attached hydrogens (tertiary/aromatic N) is 3. The standard InChI is InChI=1S/C14H22N4OS/c1-9(13-7-16-18(4)10(13)2)15-6-12-8-20-14(17-12)11(3)19-5/h7-9,11,15H,6H2,1-5H3/t9-,11-/m0/s1. The fourth-order valence-corrected chi connectivity index (χ4v) is 2.85. The minimum Gasteiger partial charge on any atom is -0.375 e. The molecule has 2 rings (SSSR count). The molecule has 0 aromatic carbocycles. The van der Waals surface area contributed by atoms with Crippen molar-refractivity contribution in [3.05, 3.63) is 33.5 Å². The van der Waals surface area contributed by atoms with Crippen molar-refractivity contribution in [1.29, 1.82) is 0 Å². The first kappa shape index (κ1) is 15.2. The molecule has 0 unspecified atom stereocenters. The van der Waals surface area contributed by atoms with Gasteiger partial charge in [0.1, 0.15) is 11.1 Å². The van der Waals surface area contributed by atoms with Crippen LogP contribution in [-0.4, -0.2) is 21.9 Å². The molecule has 0 radical (unpaired) electrons. The summed E-state index contributed by atoms with van der Waals surface area (Å²) >= 11 is 1.64. The molecule has 2 atom stereocenters. The predicted molar refractivity (Wildman–Crippen MR) is 80.7 cm³/mol. The maximum absolute atomic E-state index is 5.28. The molecule has 20 heavy (non-hydrogen) atoms. The van der Waals surface area contributed by atoms with E-state index in [2.05, 4.69) is 34.6 Å². The molecule has 0 saturated heterocycles. The Hall–Kier alpha value is -1.24. The smallest absolute Gasteiger partial charge is 0.122 e. The number of nitrogens with one attached hydrogen (secondary N) is 1. The molecule has 0 aliphatic heterocycles. The van der Waals surface area contributed by atoms with E-state index in [1.807, 2.05) is 24.9 Å². The molecular formula is C14H22N4OS. The first-order valence-electron chi connectivity index (χ1n) is 6.72. The van der Waals surface area contributed by atoms with Gasteiger partial charge in [0.2, 0.25) is 0 Å². The molecule has 110 valence electrons. The van der Waals surface area contributed by atoms with Gasteiger partial charge in [-0.3, -0.25) is 4.68 Å². The molecule has 1 N–H and O–H groups in total. The molecule has 0 bridgehead atoms. The highest BCUT2D eigenvalue weighted by atomic mass is 32.1. The first-order valence-corrected chi connectivity index (χ1v) is 7.59. The van der Waals surface area contributed by atoms with E-state index in [-0.39, 0.29) is 12.1 Å². The molecule has 2 heterocycles. The summed E-state index contributed by atoms with van der Waals surface area (Å²) in [5, 5.41) is 10.9. The van der Waals surface area contributed by atoms with Crippen LogP contribution in [0.4, 0.5) is 0 Å². The van der Waals surface area contributed by atoms with Gasteiger partial charge in [0, 0.05) is 43.4 Å². The zero-order chi connectivity index (χ0) is 14.7. The quantitative estimate of drug-likeness (QED) is 0.890. The summed E-state index contributed by atoms with van der Waals surface area (Å²) in [7, 11) is 3.67. The van der Waals surface area contributed by atoms with Crippen LogP contribution < -0.4 is 5.32 Å². The zero-order valence-corrected chi connectivity index (χ0v) is 13.5. The fourth-order valence-electron chi connectivity index (χ4n) is 2.00. The van der Waals surface area contributed by atoms with Crippen LogP contribution in [0.2, 0.25) is 0 Å². The lowest BCUT2D eigenvalue weighted by Gasteiger charge is -2.12. The van der Waals surface area contributed by atoms with Gasteiger partial charge in [-0.25, -0.2) is 4.98 Å². The lowest BCUT2D eigenvalue weighted by molar-refractivity contribution is 0.119. The molecule has 2 aromatic rings. The topological polar surface area (TPSA) is 52.0 Å². The molecule has 0 fully saturated rings. The van der Waals surface area contributed by atoms with Crippen molar-refractivity contribution < 1.29 is 4.74 Å². The van der Waals surface area contributed by atoms with Gasteiger partial charge in [0.05, 0.1) is 11.9 Å². The average Bonchev–Trinajstić information content (AvgIpc) is 3.04. The maximum Gasteiger partial charge on any atom is 0.122 e. The largest absolute Gasteiger partial charge is 0.375 e. The van der Waals surface area contributed by atoms with Crippen LogP contribution in [0, 0.1) is 6.92 Å². The highest BCUT2D eigenvalue weighted by molar-refractivity contribution is 7.09. The summed E-state index contributed by atoms with van der Waals surface area (Å²) in [5.74, 6) is 0. The number of thiazole rings is 1. The normalized spacial score (nSPS) is 14.4. The van der Waals surface area contributed by atoms with Crippen LogP contribution in [0.15, 0.2) is 11.6 Å². The van der Waals surface area contributed by atoms with E-state index < -0.39 is 0 Å². The Morgan fingerprint density at radius 1 is 1.45 bits per heavy atom. The van der Waals surface area contributed by atoms with Crippen molar-refractivity contribution in [2.24, 2.45) is 7.05 Å². The summed E-state index contributed by atoms with van der Waals surface area (Å²) in [4.78, 5) is 4.58. The SMILES string of the molecule is CO[C@@H](C)c1nc(CN[C@@H](C)c2cnn(C)c2C)cs1. The third kappa shape index (κ3) is 3.26.